The van der Waals surface area contributed by atoms with E-state index < -0.39 is 18.0 Å². The summed E-state index contributed by atoms with van der Waals surface area (Å²) in [5.74, 6) is -1.19. The van der Waals surface area contributed by atoms with Crippen molar-refractivity contribution < 1.29 is 28.6 Å². The van der Waals surface area contributed by atoms with Gasteiger partial charge in [0.25, 0.3) is 0 Å². The lowest BCUT2D eigenvalue weighted by Crippen LogP contribution is -2.30. The van der Waals surface area contributed by atoms with Crippen molar-refractivity contribution >= 4 is 17.9 Å². The van der Waals surface area contributed by atoms with Crippen LogP contribution in [0.15, 0.2) is 109 Å². The molecule has 0 aromatic heterocycles. The molecule has 1 unspecified atom stereocenters. The van der Waals surface area contributed by atoms with E-state index in [1.807, 2.05) is 18.2 Å². The number of esters is 3. The van der Waals surface area contributed by atoms with Gasteiger partial charge < -0.3 is 14.2 Å². The molecule has 0 aliphatic heterocycles. The van der Waals surface area contributed by atoms with Crippen LogP contribution in [0.2, 0.25) is 0 Å². The molecule has 0 fully saturated rings. The van der Waals surface area contributed by atoms with Crippen LogP contribution in [0.1, 0.15) is 136 Å². The molecule has 0 saturated heterocycles. The zero-order valence-electron chi connectivity index (χ0n) is 32.1. The molecule has 51 heavy (non-hydrogen) atoms. The summed E-state index contributed by atoms with van der Waals surface area (Å²) in [5.41, 5.74) is 0. The predicted molar refractivity (Wildman–Crippen MR) is 214 cm³/mol. The van der Waals surface area contributed by atoms with E-state index in [1.54, 1.807) is 6.08 Å². The fourth-order valence-electron chi connectivity index (χ4n) is 4.47. The first kappa shape index (κ1) is 47.1. The summed E-state index contributed by atoms with van der Waals surface area (Å²) in [6.45, 7) is 6.11. The lowest BCUT2D eigenvalue weighted by Gasteiger charge is -2.18. The maximum absolute atomic E-state index is 12.6. The number of hydrogen-bond acceptors (Lipinski definition) is 6. The zero-order chi connectivity index (χ0) is 37.3. The Morgan fingerprint density at radius 3 is 1.31 bits per heavy atom. The number of rotatable bonds is 32. The van der Waals surface area contributed by atoms with Crippen LogP contribution in [0.25, 0.3) is 0 Å². The van der Waals surface area contributed by atoms with Crippen molar-refractivity contribution in [2.24, 2.45) is 0 Å². The first-order valence-corrected chi connectivity index (χ1v) is 19.4. The van der Waals surface area contributed by atoms with E-state index in [9.17, 15) is 14.4 Å². The quantitative estimate of drug-likeness (QED) is 0.0300. The fourth-order valence-corrected chi connectivity index (χ4v) is 4.47. The van der Waals surface area contributed by atoms with Gasteiger partial charge in [0.15, 0.2) is 6.10 Å². The highest BCUT2D eigenvalue weighted by atomic mass is 16.6. The lowest BCUT2D eigenvalue weighted by molar-refractivity contribution is -0.166. The topological polar surface area (TPSA) is 78.9 Å². The van der Waals surface area contributed by atoms with Crippen molar-refractivity contribution in [3.63, 3.8) is 0 Å². The van der Waals surface area contributed by atoms with Gasteiger partial charge in [-0.3, -0.25) is 14.4 Å². The second kappa shape index (κ2) is 38.9. The van der Waals surface area contributed by atoms with E-state index in [4.69, 9.17) is 14.2 Å². The third-order valence-corrected chi connectivity index (χ3v) is 7.32. The standard InChI is InChI=1S/C45H68O6/c1-4-7-10-13-15-17-19-21-22-24-25-27-29-32-35-38-44(47)50-41-42(40-49-43(46)37-34-31-12-9-6-3)51-45(48)39-36-33-30-28-26-23-20-18-16-14-11-8-5-2/h7-8,10-11,15-18,21-23,25-27,30,32-33,35,42H,4-6,9,12-14,19-20,24,28-29,31,34,36-41H2,1-3H3/b10-7-,11-8-,17-15-,18-16-,22-21-,26-23-,27-25-,33-30-,35-32-. The molecule has 1 atom stereocenters. The van der Waals surface area contributed by atoms with Crippen molar-refractivity contribution in [1.82, 2.24) is 0 Å². The zero-order valence-corrected chi connectivity index (χ0v) is 32.1. The highest BCUT2D eigenvalue weighted by Crippen LogP contribution is 2.08. The first-order chi connectivity index (χ1) is 25.0. The number of allylic oxidation sites excluding steroid dienone is 17. The summed E-state index contributed by atoms with van der Waals surface area (Å²) in [7, 11) is 0. The van der Waals surface area contributed by atoms with Crippen LogP contribution in [0.5, 0.6) is 0 Å². The van der Waals surface area contributed by atoms with Gasteiger partial charge in [0.05, 0.1) is 6.42 Å². The molecule has 6 nitrogen and oxygen atoms in total. The Morgan fingerprint density at radius 2 is 0.843 bits per heavy atom. The molecule has 0 radical (unpaired) electrons. The lowest BCUT2D eigenvalue weighted by atomic mass is 10.1. The molecular formula is C45H68O6. The van der Waals surface area contributed by atoms with Gasteiger partial charge in [-0.25, -0.2) is 0 Å². The van der Waals surface area contributed by atoms with Gasteiger partial charge >= 0.3 is 17.9 Å². The Kier molecular flexibility index (Phi) is 35.9. The van der Waals surface area contributed by atoms with Gasteiger partial charge in [0.1, 0.15) is 13.2 Å². The van der Waals surface area contributed by atoms with Gasteiger partial charge in [0.2, 0.25) is 0 Å². The second-order valence-electron chi connectivity index (χ2n) is 12.1. The number of carbonyl (C=O) groups excluding carboxylic acids is 3. The van der Waals surface area contributed by atoms with Crippen LogP contribution in [0, 0.1) is 0 Å². The van der Waals surface area contributed by atoms with Crippen molar-refractivity contribution in [2.45, 2.75) is 142 Å². The Balaban J connectivity index is 4.57. The Labute approximate surface area is 310 Å². The minimum Gasteiger partial charge on any atom is -0.462 e. The molecule has 284 valence electrons. The highest BCUT2D eigenvalue weighted by molar-refractivity contribution is 5.72. The molecule has 6 heteroatoms. The normalized spacial score (nSPS) is 13.2. The maximum atomic E-state index is 12.6. The largest absolute Gasteiger partial charge is 0.462 e. The first-order valence-electron chi connectivity index (χ1n) is 19.4. The Hall–Kier alpha value is -3.93. The highest BCUT2D eigenvalue weighted by Gasteiger charge is 2.19. The van der Waals surface area contributed by atoms with Crippen LogP contribution in [-0.2, 0) is 28.6 Å². The van der Waals surface area contributed by atoms with Gasteiger partial charge in [-0.05, 0) is 70.6 Å². The average molecular weight is 705 g/mol. The number of carbonyl (C=O) groups is 3. The Morgan fingerprint density at radius 1 is 0.431 bits per heavy atom. The number of hydrogen-bond donors (Lipinski definition) is 0. The molecule has 0 rings (SSSR count). The average Bonchev–Trinajstić information content (AvgIpc) is 3.12. The molecule has 0 heterocycles. The van der Waals surface area contributed by atoms with E-state index in [1.165, 1.54) is 0 Å². The van der Waals surface area contributed by atoms with Crippen molar-refractivity contribution in [2.75, 3.05) is 13.2 Å². The minimum atomic E-state index is -0.851. The molecule has 0 aromatic rings. The molecule has 0 amide bonds. The van der Waals surface area contributed by atoms with Gasteiger partial charge in [-0.2, -0.15) is 0 Å². The Bertz CT molecular complexity index is 1130. The SMILES string of the molecule is CC/C=C\C/C=C\C/C=C\C/C=C\C/C=C\CC(=O)OCC(COC(=O)CCCCCCC)OC(=O)CC/C=C\C/C=C\C/C=C\C/C=C\CC. The molecule has 0 aliphatic carbocycles. The number of ether oxygens (including phenoxy) is 3. The summed E-state index contributed by atoms with van der Waals surface area (Å²) in [6, 6.07) is 0. The van der Waals surface area contributed by atoms with Crippen LogP contribution in [0.3, 0.4) is 0 Å². The van der Waals surface area contributed by atoms with Crippen LogP contribution in [0.4, 0.5) is 0 Å². The summed E-state index contributed by atoms with van der Waals surface area (Å²) < 4.78 is 16.3. The van der Waals surface area contributed by atoms with Crippen LogP contribution >= 0.6 is 0 Å². The van der Waals surface area contributed by atoms with Crippen LogP contribution in [-0.4, -0.2) is 37.2 Å². The molecule has 0 N–H and O–H groups in total. The van der Waals surface area contributed by atoms with E-state index in [0.717, 1.165) is 89.9 Å². The second-order valence-corrected chi connectivity index (χ2v) is 12.1. The van der Waals surface area contributed by atoms with Crippen molar-refractivity contribution in [3.05, 3.63) is 109 Å². The minimum absolute atomic E-state index is 0.109. The monoisotopic (exact) mass is 705 g/mol. The van der Waals surface area contributed by atoms with Crippen molar-refractivity contribution in [3.8, 4) is 0 Å². The molecular weight excluding hydrogens is 636 g/mol. The molecule has 0 bridgehead atoms. The summed E-state index contributed by atoms with van der Waals surface area (Å²) >= 11 is 0. The van der Waals surface area contributed by atoms with Crippen molar-refractivity contribution in [1.29, 1.82) is 0 Å². The molecule has 0 aliphatic rings. The summed E-state index contributed by atoms with van der Waals surface area (Å²) in [5, 5.41) is 0. The summed E-state index contributed by atoms with van der Waals surface area (Å²) in [4.78, 5) is 37.2. The third-order valence-electron chi connectivity index (χ3n) is 7.32. The number of unbranched alkanes of at least 4 members (excludes halogenated alkanes) is 4. The van der Waals surface area contributed by atoms with Gasteiger partial charge in [-0.15, -0.1) is 0 Å². The van der Waals surface area contributed by atoms with Gasteiger partial charge in [0, 0.05) is 12.8 Å². The molecule has 0 saturated carbocycles. The maximum Gasteiger partial charge on any atom is 0.309 e. The summed E-state index contributed by atoms with van der Waals surface area (Å²) in [6.07, 6.45) is 51.4. The third kappa shape index (κ3) is 37.2. The smallest absolute Gasteiger partial charge is 0.309 e. The fraction of sp³-hybridized carbons (Fsp3) is 0.533. The van der Waals surface area contributed by atoms with Gasteiger partial charge in [-0.1, -0.05) is 156 Å². The van der Waals surface area contributed by atoms with E-state index in [2.05, 4.69) is 106 Å². The molecule has 0 aromatic carbocycles. The van der Waals surface area contributed by atoms with Crippen LogP contribution < -0.4 is 0 Å². The predicted octanol–water partition coefficient (Wildman–Crippen LogP) is 12.1. The van der Waals surface area contributed by atoms with E-state index in [-0.39, 0.29) is 32.0 Å². The molecule has 0 spiro atoms. The van der Waals surface area contributed by atoms with E-state index >= 15 is 0 Å². The van der Waals surface area contributed by atoms with E-state index in [0.29, 0.717) is 12.8 Å².